The molecule has 2 aromatic heterocycles. The second-order valence-electron chi connectivity index (χ2n) is 6.50. The van der Waals surface area contributed by atoms with Crippen LogP contribution in [0.2, 0.25) is 0 Å². The van der Waals surface area contributed by atoms with Gasteiger partial charge in [-0.15, -0.1) is 0 Å². The fraction of sp³-hybridized carbons (Fsp3) is 0.0952. The summed E-state index contributed by atoms with van der Waals surface area (Å²) in [7, 11) is 0. The van der Waals surface area contributed by atoms with Crippen LogP contribution in [0.15, 0.2) is 70.5 Å². The van der Waals surface area contributed by atoms with Gasteiger partial charge < -0.3 is 21.3 Å². The number of allylic oxidation sites excluding steroid dienone is 1. The summed E-state index contributed by atoms with van der Waals surface area (Å²) < 4.78 is 18.8. The topological polar surface area (TPSA) is 145 Å². The van der Waals surface area contributed by atoms with Crippen molar-refractivity contribution in [3.63, 3.8) is 0 Å². The molecule has 5 N–H and O–H groups in total. The number of hydrogen-bond donors (Lipinski definition) is 3. The molecule has 31 heavy (non-hydrogen) atoms. The van der Waals surface area contributed by atoms with Crippen LogP contribution in [0, 0.1) is 5.82 Å². The molecule has 0 radical (unpaired) electrons. The summed E-state index contributed by atoms with van der Waals surface area (Å²) in [5.41, 5.74) is 13.9. The van der Waals surface area contributed by atoms with Crippen molar-refractivity contribution in [3.8, 4) is 0 Å². The predicted octanol–water partition coefficient (Wildman–Crippen LogP) is 2.69. The van der Waals surface area contributed by atoms with E-state index in [9.17, 15) is 9.18 Å². The molecule has 0 saturated carbocycles. The Bertz CT molecular complexity index is 1170. The van der Waals surface area contributed by atoms with Crippen LogP contribution in [0.1, 0.15) is 24.0 Å². The molecule has 0 bridgehead atoms. The van der Waals surface area contributed by atoms with Crippen molar-refractivity contribution in [2.75, 3.05) is 11.1 Å². The molecule has 0 atom stereocenters. The van der Waals surface area contributed by atoms with Gasteiger partial charge in [0.15, 0.2) is 11.6 Å². The molecule has 0 saturated heterocycles. The van der Waals surface area contributed by atoms with Crippen LogP contribution in [-0.4, -0.2) is 26.7 Å². The number of benzene rings is 1. The highest BCUT2D eigenvalue weighted by atomic mass is 19.1. The predicted molar refractivity (Wildman–Crippen MR) is 115 cm³/mol. The molecule has 10 heteroatoms. The Morgan fingerprint density at radius 2 is 2.13 bits per heavy atom. The normalized spacial score (nSPS) is 11.9. The average Bonchev–Trinajstić information content (AvgIpc) is 3.28. The molecule has 1 amide bonds. The Hall–Kier alpha value is -4.34. The van der Waals surface area contributed by atoms with E-state index in [0.717, 1.165) is 0 Å². The highest BCUT2D eigenvalue weighted by molar-refractivity contribution is 6.10. The molecule has 0 unspecified atom stereocenters. The Balaban J connectivity index is 1.89. The number of carbonyl (C=O) groups excluding carboxylic acids is 1. The van der Waals surface area contributed by atoms with E-state index in [-0.39, 0.29) is 35.4 Å². The zero-order valence-corrected chi connectivity index (χ0v) is 16.7. The van der Waals surface area contributed by atoms with Crippen molar-refractivity contribution < 1.29 is 13.7 Å². The quantitative estimate of drug-likeness (QED) is 0.393. The lowest BCUT2D eigenvalue weighted by molar-refractivity contribution is -0.112. The van der Waals surface area contributed by atoms with Crippen LogP contribution in [0.4, 0.5) is 15.9 Å². The first-order chi connectivity index (χ1) is 14.8. The maximum absolute atomic E-state index is 13.9. The SMILES string of the molecule is C=C(C)C(=O)Nc1cnc(C(N)=CC(=NCc2ccccc2F)c2ccon2)nc1N. The van der Waals surface area contributed by atoms with Crippen LogP contribution >= 0.6 is 0 Å². The molecule has 9 nitrogen and oxygen atoms in total. The third-order valence-corrected chi connectivity index (χ3v) is 4.08. The molecule has 0 aliphatic carbocycles. The van der Waals surface area contributed by atoms with E-state index >= 15 is 0 Å². The van der Waals surface area contributed by atoms with Gasteiger partial charge in [-0.05, 0) is 19.1 Å². The molecule has 0 fully saturated rings. The molecule has 3 aromatic rings. The molecule has 1 aromatic carbocycles. The van der Waals surface area contributed by atoms with Crippen LogP contribution in [0.3, 0.4) is 0 Å². The lowest BCUT2D eigenvalue weighted by atomic mass is 10.2. The number of nitrogen functional groups attached to an aromatic ring is 1. The van der Waals surface area contributed by atoms with Gasteiger partial charge >= 0.3 is 0 Å². The maximum atomic E-state index is 13.9. The van der Waals surface area contributed by atoms with E-state index in [1.54, 1.807) is 31.2 Å². The van der Waals surface area contributed by atoms with Crippen LogP contribution < -0.4 is 16.8 Å². The highest BCUT2D eigenvalue weighted by Gasteiger charge is 2.12. The van der Waals surface area contributed by atoms with Gasteiger partial charge in [0, 0.05) is 17.2 Å². The van der Waals surface area contributed by atoms with Crippen molar-refractivity contribution >= 4 is 28.8 Å². The highest BCUT2D eigenvalue weighted by Crippen LogP contribution is 2.17. The van der Waals surface area contributed by atoms with Crippen molar-refractivity contribution in [1.29, 1.82) is 0 Å². The number of carbonyl (C=O) groups is 1. The average molecular weight is 421 g/mol. The summed E-state index contributed by atoms with van der Waals surface area (Å²) in [5, 5.41) is 6.41. The Morgan fingerprint density at radius 1 is 1.35 bits per heavy atom. The standard InChI is InChI=1S/C21H20FN7O2/c1-12(2)21(30)27-18-11-26-20(28-19(18)24)15(23)9-17(16-7-8-31-29-16)25-10-13-5-3-4-6-14(13)22/h3-9,11H,1,10,23H2,2H3,(H,27,30)(H2,24,26,28). The lowest BCUT2D eigenvalue weighted by Gasteiger charge is -2.09. The number of hydrogen-bond acceptors (Lipinski definition) is 8. The summed E-state index contributed by atoms with van der Waals surface area (Å²) >= 11 is 0. The summed E-state index contributed by atoms with van der Waals surface area (Å²) in [6.07, 6.45) is 4.20. The number of anilines is 2. The lowest BCUT2D eigenvalue weighted by Crippen LogP contribution is -2.15. The van der Waals surface area contributed by atoms with Crippen LogP contribution in [-0.2, 0) is 11.3 Å². The number of amides is 1. The summed E-state index contributed by atoms with van der Waals surface area (Å²) in [6, 6.07) is 7.90. The van der Waals surface area contributed by atoms with Gasteiger partial charge in [-0.1, -0.05) is 29.9 Å². The van der Waals surface area contributed by atoms with Gasteiger partial charge in [0.05, 0.1) is 24.2 Å². The van der Waals surface area contributed by atoms with E-state index in [1.807, 2.05) is 0 Å². The maximum Gasteiger partial charge on any atom is 0.250 e. The number of rotatable bonds is 7. The van der Waals surface area contributed by atoms with Crippen molar-refractivity contribution in [2.45, 2.75) is 13.5 Å². The first-order valence-electron chi connectivity index (χ1n) is 9.10. The third kappa shape index (κ3) is 5.38. The fourth-order valence-corrected chi connectivity index (χ4v) is 2.41. The van der Waals surface area contributed by atoms with Gasteiger partial charge in [-0.25, -0.2) is 14.4 Å². The molecule has 3 rings (SSSR count). The molecular formula is C21H20FN7O2. The summed E-state index contributed by atoms with van der Waals surface area (Å²) in [4.78, 5) is 24.4. The Kier molecular flexibility index (Phi) is 6.51. The molecule has 158 valence electrons. The van der Waals surface area contributed by atoms with Crippen LogP contribution in [0.25, 0.3) is 5.70 Å². The zero-order chi connectivity index (χ0) is 22.4. The van der Waals surface area contributed by atoms with Gasteiger partial charge in [0.2, 0.25) is 0 Å². The summed E-state index contributed by atoms with van der Waals surface area (Å²) in [6.45, 7) is 5.18. The minimum atomic E-state index is -0.403. The van der Waals surface area contributed by atoms with Crippen LogP contribution in [0.5, 0.6) is 0 Å². The van der Waals surface area contributed by atoms with Crippen molar-refractivity contribution in [1.82, 2.24) is 15.1 Å². The van der Waals surface area contributed by atoms with E-state index in [1.165, 1.54) is 24.6 Å². The molecule has 0 spiro atoms. The molecule has 2 heterocycles. The number of nitrogens with one attached hydrogen (secondary N) is 1. The van der Waals surface area contributed by atoms with Crippen molar-refractivity contribution in [2.24, 2.45) is 10.7 Å². The van der Waals surface area contributed by atoms with Gasteiger partial charge in [-0.3, -0.25) is 9.79 Å². The number of aliphatic imine (C=N–C) groups is 1. The third-order valence-electron chi connectivity index (χ3n) is 4.08. The smallest absolute Gasteiger partial charge is 0.250 e. The number of halogens is 1. The molecule has 0 aliphatic heterocycles. The van der Waals surface area contributed by atoms with E-state index < -0.39 is 5.91 Å². The van der Waals surface area contributed by atoms with Gasteiger partial charge in [-0.2, -0.15) is 0 Å². The van der Waals surface area contributed by atoms with E-state index in [4.69, 9.17) is 16.0 Å². The minimum Gasteiger partial charge on any atom is -0.396 e. The first kappa shape index (κ1) is 21.4. The van der Waals surface area contributed by atoms with Gasteiger partial charge in [0.25, 0.3) is 5.91 Å². The Labute approximate surface area is 177 Å². The zero-order valence-electron chi connectivity index (χ0n) is 16.7. The monoisotopic (exact) mass is 421 g/mol. The van der Waals surface area contributed by atoms with Gasteiger partial charge in [0.1, 0.15) is 23.5 Å². The Morgan fingerprint density at radius 3 is 2.77 bits per heavy atom. The number of aromatic nitrogens is 3. The van der Waals surface area contributed by atoms with E-state index in [2.05, 4.69) is 32.0 Å². The first-order valence-corrected chi connectivity index (χ1v) is 9.10. The fourth-order valence-electron chi connectivity index (χ4n) is 2.41. The van der Waals surface area contributed by atoms with E-state index in [0.29, 0.717) is 22.5 Å². The largest absolute Gasteiger partial charge is 0.396 e. The second-order valence-corrected chi connectivity index (χ2v) is 6.50. The summed E-state index contributed by atoms with van der Waals surface area (Å²) in [5.74, 6) is -0.624. The molecule has 0 aliphatic rings. The number of nitrogens with two attached hydrogens (primary N) is 2. The minimum absolute atomic E-state index is 0.0298. The molecular weight excluding hydrogens is 401 g/mol. The van der Waals surface area contributed by atoms with Crippen molar-refractivity contribution in [3.05, 3.63) is 83.9 Å². The number of nitrogens with zero attached hydrogens (tertiary/aromatic N) is 4. The second kappa shape index (κ2) is 9.44.